The summed E-state index contributed by atoms with van der Waals surface area (Å²) in [4.78, 5) is 40.7. The second kappa shape index (κ2) is 7.67. The number of likely N-dealkylation sites (N-methyl/N-ethyl adjacent to an activating group) is 1. The Balaban J connectivity index is 2.61. The molecule has 21 heavy (non-hydrogen) atoms. The quantitative estimate of drug-likeness (QED) is 0.330. The van der Waals surface area contributed by atoms with Gasteiger partial charge in [0.1, 0.15) is 6.23 Å². The van der Waals surface area contributed by atoms with Crippen molar-refractivity contribution in [3.63, 3.8) is 0 Å². The van der Waals surface area contributed by atoms with E-state index in [2.05, 4.69) is 9.84 Å². The molecule has 9 nitrogen and oxygen atoms in total. The molecule has 0 bridgehead atoms. The van der Waals surface area contributed by atoms with Gasteiger partial charge in [-0.1, -0.05) is 6.92 Å². The van der Waals surface area contributed by atoms with Gasteiger partial charge in [-0.15, -0.1) is 0 Å². The third kappa shape index (κ3) is 5.94. The molecule has 3 unspecified atom stereocenters. The first-order valence-corrected chi connectivity index (χ1v) is 7.78. The third-order valence-corrected chi connectivity index (χ3v) is 3.43. The van der Waals surface area contributed by atoms with Crippen LogP contribution in [0.4, 0.5) is 0 Å². The number of carbonyl (C=O) groups is 2. The largest absolute Gasteiger partial charge is 0.469 e. The summed E-state index contributed by atoms with van der Waals surface area (Å²) >= 11 is 0. The minimum Gasteiger partial charge on any atom is -0.356 e. The van der Waals surface area contributed by atoms with Crippen molar-refractivity contribution in [2.75, 3.05) is 13.7 Å². The fourth-order valence-electron chi connectivity index (χ4n) is 1.99. The Hall–Kier alpha value is -1.25. The van der Waals surface area contributed by atoms with E-state index in [1.54, 1.807) is 0 Å². The summed E-state index contributed by atoms with van der Waals surface area (Å²) in [5.74, 6) is -0.441. The summed E-state index contributed by atoms with van der Waals surface area (Å²) < 4.78 is 20.6. The summed E-state index contributed by atoms with van der Waals surface area (Å²) in [5, 5.41) is 2.38. The number of nitrogens with one attached hydrogen (secondary N) is 1. The Kier molecular flexibility index (Phi) is 6.50. The molecule has 0 spiro atoms. The standard InChI is InChI=1S/C11H19N2O7P/c1-8-5-9(6-19-21(16,17)18)20-11(8)13(7-14)4-3-10(15)12-2/h3-4,7-9,11H,5-6H2,1-2H3,(H,12,15)(H2,16,17,18)/b4-3-. The monoisotopic (exact) mass is 322 g/mol. The highest BCUT2D eigenvalue weighted by atomic mass is 31.2. The molecule has 10 heteroatoms. The lowest BCUT2D eigenvalue weighted by Gasteiger charge is -2.24. The number of nitrogens with zero attached hydrogens (tertiary/aromatic N) is 1. The Bertz CT molecular complexity index is 450. The van der Waals surface area contributed by atoms with Crippen LogP contribution in [0, 0.1) is 5.92 Å². The molecule has 1 rings (SSSR count). The van der Waals surface area contributed by atoms with E-state index in [0.29, 0.717) is 12.8 Å². The third-order valence-electron chi connectivity index (χ3n) is 2.94. The van der Waals surface area contributed by atoms with Gasteiger partial charge in [-0.25, -0.2) is 4.57 Å². The number of hydrogen-bond donors (Lipinski definition) is 3. The number of amides is 2. The Morgan fingerprint density at radius 3 is 2.76 bits per heavy atom. The molecule has 120 valence electrons. The molecule has 0 saturated carbocycles. The molecule has 3 N–H and O–H groups in total. The van der Waals surface area contributed by atoms with Crippen molar-refractivity contribution < 1.29 is 33.2 Å². The van der Waals surface area contributed by atoms with Gasteiger partial charge in [0.05, 0.1) is 12.7 Å². The summed E-state index contributed by atoms with van der Waals surface area (Å²) in [7, 11) is -3.09. The van der Waals surface area contributed by atoms with Crippen LogP contribution in [0.1, 0.15) is 13.3 Å². The van der Waals surface area contributed by atoms with E-state index in [4.69, 9.17) is 14.5 Å². The predicted molar refractivity (Wildman–Crippen MR) is 71.5 cm³/mol. The van der Waals surface area contributed by atoms with Crippen molar-refractivity contribution in [3.05, 3.63) is 12.3 Å². The van der Waals surface area contributed by atoms with Crippen LogP contribution in [0.25, 0.3) is 0 Å². The van der Waals surface area contributed by atoms with E-state index in [-0.39, 0.29) is 18.4 Å². The van der Waals surface area contributed by atoms with Gasteiger partial charge in [-0.2, -0.15) is 0 Å². The number of ether oxygens (including phenoxy) is 1. The van der Waals surface area contributed by atoms with Crippen LogP contribution in [-0.2, 0) is 23.4 Å². The van der Waals surface area contributed by atoms with Gasteiger partial charge in [-0.3, -0.25) is 19.0 Å². The Morgan fingerprint density at radius 2 is 2.24 bits per heavy atom. The number of rotatable bonds is 7. The molecule has 2 amide bonds. The molecule has 1 aliphatic heterocycles. The average Bonchev–Trinajstić information content (AvgIpc) is 2.78. The summed E-state index contributed by atoms with van der Waals surface area (Å²) in [5.41, 5.74) is 0. The van der Waals surface area contributed by atoms with Crippen LogP contribution in [0.15, 0.2) is 12.3 Å². The van der Waals surface area contributed by atoms with Crippen molar-refractivity contribution in [1.82, 2.24) is 10.2 Å². The van der Waals surface area contributed by atoms with E-state index >= 15 is 0 Å². The number of phosphoric ester groups is 1. The molecule has 0 aromatic rings. The first kappa shape index (κ1) is 17.8. The van der Waals surface area contributed by atoms with E-state index in [1.165, 1.54) is 24.2 Å². The number of hydrogen-bond acceptors (Lipinski definition) is 5. The average molecular weight is 322 g/mol. The van der Waals surface area contributed by atoms with Gasteiger partial charge in [-0.05, 0) is 6.42 Å². The smallest absolute Gasteiger partial charge is 0.356 e. The first-order valence-electron chi connectivity index (χ1n) is 6.25. The highest BCUT2D eigenvalue weighted by Gasteiger charge is 2.36. The van der Waals surface area contributed by atoms with Crippen molar-refractivity contribution in [2.24, 2.45) is 5.92 Å². The fourth-order valence-corrected chi connectivity index (χ4v) is 2.35. The lowest BCUT2D eigenvalue weighted by molar-refractivity contribution is -0.129. The van der Waals surface area contributed by atoms with E-state index in [1.807, 2.05) is 6.92 Å². The molecule has 1 saturated heterocycles. The van der Waals surface area contributed by atoms with E-state index in [9.17, 15) is 14.2 Å². The molecule has 0 aromatic heterocycles. The maximum Gasteiger partial charge on any atom is 0.469 e. The molecule has 0 aromatic carbocycles. The highest BCUT2D eigenvalue weighted by molar-refractivity contribution is 7.46. The van der Waals surface area contributed by atoms with Gasteiger partial charge in [0, 0.05) is 25.2 Å². The molecule has 1 aliphatic rings. The normalized spacial score (nSPS) is 26.0. The fraction of sp³-hybridized carbons (Fsp3) is 0.636. The number of carbonyl (C=O) groups excluding carboxylic acids is 2. The topological polar surface area (TPSA) is 125 Å². The maximum atomic E-state index is 11.1. The minimum absolute atomic E-state index is 0.0742. The first-order chi connectivity index (χ1) is 9.76. The van der Waals surface area contributed by atoms with Crippen LogP contribution in [0.5, 0.6) is 0 Å². The van der Waals surface area contributed by atoms with Gasteiger partial charge in [0.2, 0.25) is 12.3 Å². The van der Waals surface area contributed by atoms with Gasteiger partial charge >= 0.3 is 7.82 Å². The van der Waals surface area contributed by atoms with Crippen LogP contribution >= 0.6 is 7.82 Å². The lowest BCUT2D eigenvalue weighted by Crippen LogP contribution is -2.34. The number of phosphoric acid groups is 1. The SMILES string of the molecule is CNC(=O)/C=C\N(C=O)C1OC(COP(=O)(O)O)CC1C. The zero-order chi connectivity index (χ0) is 16.0. The second-order valence-electron chi connectivity index (χ2n) is 4.63. The molecule has 1 heterocycles. The molecule has 3 atom stereocenters. The molecule has 0 radical (unpaired) electrons. The van der Waals surface area contributed by atoms with Crippen molar-refractivity contribution in [1.29, 1.82) is 0 Å². The molecular weight excluding hydrogens is 303 g/mol. The molecular formula is C11H19N2O7P. The Morgan fingerprint density at radius 1 is 1.57 bits per heavy atom. The molecule has 0 aliphatic carbocycles. The lowest BCUT2D eigenvalue weighted by atomic mass is 10.1. The van der Waals surface area contributed by atoms with E-state index < -0.39 is 20.2 Å². The summed E-state index contributed by atoms with van der Waals surface area (Å²) in [6, 6.07) is 0. The maximum absolute atomic E-state index is 11.1. The zero-order valence-corrected chi connectivity index (χ0v) is 12.6. The van der Waals surface area contributed by atoms with Crippen LogP contribution < -0.4 is 5.32 Å². The van der Waals surface area contributed by atoms with Crippen molar-refractivity contribution >= 4 is 20.1 Å². The van der Waals surface area contributed by atoms with Crippen LogP contribution in [-0.4, -0.2) is 53.0 Å². The van der Waals surface area contributed by atoms with Gasteiger partial charge in [0.25, 0.3) is 0 Å². The van der Waals surface area contributed by atoms with Gasteiger partial charge < -0.3 is 19.8 Å². The highest BCUT2D eigenvalue weighted by Crippen LogP contribution is 2.38. The van der Waals surface area contributed by atoms with Crippen LogP contribution in [0.3, 0.4) is 0 Å². The van der Waals surface area contributed by atoms with Gasteiger partial charge in [0.15, 0.2) is 0 Å². The minimum atomic E-state index is -4.55. The van der Waals surface area contributed by atoms with Crippen molar-refractivity contribution in [3.8, 4) is 0 Å². The summed E-state index contributed by atoms with van der Waals surface area (Å²) in [6.45, 7) is 1.56. The zero-order valence-electron chi connectivity index (χ0n) is 11.7. The predicted octanol–water partition coefficient (Wildman–Crippen LogP) is -0.435. The summed E-state index contributed by atoms with van der Waals surface area (Å²) in [6.07, 6.45) is 2.32. The Labute approximate surface area is 122 Å². The van der Waals surface area contributed by atoms with E-state index in [0.717, 1.165) is 0 Å². The van der Waals surface area contributed by atoms with Crippen LogP contribution in [0.2, 0.25) is 0 Å². The molecule has 1 fully saturated rings. The second-order valence-corrected chi connectivity index (χ2v) is 5.87. The van der Waals surface area contributed by atoms with Crippen molar-refractivity contribution in [2.45, 2.75) is 25.7 Å².